The maximum Gasteiger partial charge on any atom is 0.328 e. The van der Waals surface area contributed by atoms with Crippen LogP contribution < -0.4 is 4.74 Å². The first-order valence-corrected chi connectivity index (χ1v) is 7.02. The van der Waals surface area contributed by atoms with Gasteiger partial charge in [0, 0.05) is 12.5 Å². The van der Waals surface area contributed by atoms with E-state index in [1.165, 1.54) is 11.3 Å². The molecule has 4 nitrogen and oxygen atoms in total. The molecule has 0 saturated carbocycles. The molecule has 104 valence electrons. The molecule has 1 aromatic heterocycles. The van der Waals surface area contributed by atoms with Crippen LogP contribution in [0.3, 0.4) is 0 Å². The number of carbonyl (C=O) groups is 1. The maximum atomic E-state index is 10.5. The standard InChI is InChI=1S/C15H15NO3S/c1-11-13(7-8-15(17)18)20-14(16-11)9-10-19-12-5-3-2-4-6-12/h2-8H,9-10H2,1H3,(H,17,18)/b8-7+. The normalized spacial score (nSPS) is 10.8. The molecule has 0 aliphatic carbocycles. The van der Waals surface area contributed by atoms with Crippen LogP contribution in [-0.2, 0) is 11.2 Å². The number of thiazole rings is 1. The van der Waals surface area contributed by atoms with Crippen LogP contribution in [0, 0.1) is 6.92 Å². The highest BCUT2D eigenvalue weighted by Gasteiger charge is 2.05. The molecule has 0 saturated heterocycles. The van der Waals surface area contributed by atoms with Gasteiger partial charge in [-0.2, -0.15) is 0 Å². The number of hydrogen-bond donors (Lipinski definition) is 1. The van der Waals surface area contributed by atoms with Gasteiger partial charge in [0.1, 0.15) is 5.75 Å². The largest absolute Gasteiger partial charge is 0.493 e. The molecule has 0 aliphatic heterocycles. The zero-order chi connectivity index (χ0) is 14.4. The zero-order valence-electron chi connectivity index (χ0n) is 11.1. The van der Waals surface area contributed by atoms with Crippen molar-refractivity contribution in [3.63, 3.8) is 0 Å². The average molecular weight is 289 g/mol. The first kappa shape index (κ1) is 14.3. The van der Waals surface area contributed by atoms with Crippen LogP contribution in [0.5, 0.6) is 5.75 Å². The Morgan fingerprint density at radius 1 is 1.40 bits per heavy atom. The molecule has 0 spiro atoms. The molecular formula is C15H15NO3S. The molecule has 1 N–H and O–H groups in total. The summed E-state index contributed by atoms with van der Waals surface area (Å²) in [5.74, 6) is -0.112. The number of rotatable bonds is 6. The highest BCUT2D eigenvalue weighted by atomic mass is 32.1. The van der Waals surface area contributed by atoms with E-state index in [2.05, 4.69) is 4.98 Å². The van der Waals surface area contributed by atoms with Crippen molar-refractivity contribution in [3.8, 4) is 5.75 Å². The number of aromatic nitrogens is 1. The van der Waals surface area contributed by atoms with Crippen LogP contribution in [0.2, 0.25) is 0 Å². The van der Waals surface area contributed by atoms with Gasteiger partial charge in [-0.1, -0.05) is 18.2 Å². The van der Waals surface area contributed by atoms with Crippen LogP contribution in [0.4, 0.5) is 0 Å². The first-order valence-electron chi connectivity index (χ1n) is 6.20. The molecule has 2 aromatic rings. The van der Waals surface area contributed by atoms with Gasteiger partial charge in [0.05, 0.1) is 22.2 Å². The second kappa shape index (κ2) is 6.86. The van der Waals surface area contributed by atoms with E-state index in [-0.39, 0.29) is 0 Å². The summed E-state index contributed by atoms with van der Waals surface area (Å²) in [6.45, 7) is 2.43. The van der Waals surface area contributed by atoms with Gasteiger partial charge in [0.2, 0.25) is 0 Å². The topological polar surface area (TPSA) is 59.4 Å². The summed E-state index contributed by atoms with van der Waals surface area (Å²) >= 11 is 1.50. The molecule has 1 aromatic carbocycles. The van der Waals surface area contributed by atoms with Gasteiger partial charge in [-0.05, 0) is 25.1 Å². The molecule has 0 fully saturated rings. The van der Waals surface area contributed by atoms with Crippen molar-refractivity contribution < 1.29 is 14.6 Å². The quantitative estimate of drug-likeness (QED) is 0.830. The highest BCUT2D eigenvalue weighted by molar-refractivity contribution is 7.12. The lowest BCUT2D eigenvalue weighted by molar-refractivity contribution is -0.131. The first-order chi connectivity index (χ1) is 9.65. The molecule has 20 heavy (non-hydrogen) atoms. The molecule has 0 aliphatic rings. The van der Waals surface area contributed by atoms with Crippen LogP contribution >= 0.6 is 11.3 Å². The number of ether oxygens (including phenoxy) is 1. The summed E-state index contributed by atoms with van der Waals surface area (Å²) in [4.78, 5) is 15.8. The molecule has 0 radical (unpaired) electrons. The summed E-state index contributed by atoms with van der Waals surface area (Å²) in [7, 11) is 0. The van der Waals surface area contributed by atoms with Crippen molar-refractivity contribution in [1.82, 2.24) is 4.98 Å². The molecule has 0 atom stereocenters. The minimum atomic E-state index is -0.952. The third-order valence-corrected chi connectivity index (χ3v) is 3.76. The number of hydrogen-bond acceptors (Lipinski definition) is 4. The van der Waals surface area contributed by atoms with E-state index in [0.29, 0.717) is 13.0 Å². The smallest absolute Gasteiger partial charge is 0.328 e. The lowest BCUT2D eigenvalue weighted by atomic mass is 10.3. The van der Waals surface area contributed by atoms with Gasteiger partial charge in [0.15, 0.2) is 0 Å². The Kier molecular flexibility index (Phi) is 4.90. The summed E-state index contributed by atoms with van der Waals surface area (Å²) < 4.78 is 5.61. The minimum Gasteiger partial charge on any atom is -0.493 e. The number of para-hydroxylation sites is 1. The van der Waals surface area contributed by atoms with Crippen molar-refractivity contribution in [1.29, 1.82) is 0 Å². The molecule has 0 unspecified atom stereocenters. The Labute approximate surface area is 121 Å². The average Bonchev–Trinajstić information content (AvgIpc) is 2.78. The van der Waals surface area contributed by atoms with Crippen molar-refractivity contribution in [3.05, 3.63) is 52.0 Å². The van der Waals surface area contributed by atoms with E-state index in [1.54, 1.807) is 6.08 Å². The fourth-order valence-electron chi connectivity index (χ4n) is 1.65. The SMILES string of the molecule is Cc1nc(CCOc2ccccc2)sc1/C=C/C(=O)O. The van der Waals surface area contributed by atoms with Crippen molar-refractivity contribution in [2.75, 3.05) is 6.61 Å². The number of benzene rings is 1. The van der Waals surface area contributed by atoms with E-state index in [9.17, 15) is 4.79 Å². The van der Waals surface area contributed by atoms with Gasteiger partial charge in [0.25, 0.3) is 0 Å². The van der Waals surface area contributed by atoms with Crippen molar-refractivity contribution in [2.24, 2.45) is 0 Å². The van der Waals surface area contributed by atoms with Gasteiger partial charge >= 0.3 is 5.97 Å². The lowest BCUT2D eigenvalue weighted by Crippen LogP contribution is -2.00. The molecule has 0 amide bonds. The number of carboxylic acids is 1. The van der Waals surface area contributed by atoms with E-state index in [4.69, 9.17) is 9.84 Å². The summed E-state index contributed by atoms with van der Waals surface area (Å²) in [5.41, 5.74) is 0.849. The third-order valence-electron chi connectivity index (χ3n) is 2.58. The fraction of sp³-hybridized carbons (Fsp3) is 0.200. The molecule has 5 heteroatoms. The Morgan fingerprint density at radius 3 is 2.85 bits per heavy atom. The van der Waals surface area contributed by atoms with Crippen LogP contribution in [0.1, 0.15) is 15.6 Å². The fourth-order valence-corrected chi connectivity index (χ4v) is 2.60. The summed E-state index contributed by atoms with van der Waals surface area (Å²) in [5, 5.41) is 9.57. The van der Waals surface area contributed by atoms with E-state index < -0.39 is 5.97 Å². The van der Waals surface area contributed by atoms with Gasteiger partial charge in [-0.3, -0.25) is 0 Å². The summed E-state index contributed by atoms with van der Waals surface area (Å²) in [6.07, 6.45) is 3.42. The van der Waals surface area contributed by atoms with Gasteiger partial charge in [-0.25, -0.2) is 9.78 Å². The second-order valence-corrected chi connectivity index (χ2v) is 5.26. The Morgan fingerprint density at radius 2 is 2.15 bits per heavy atom. The van der Waals surface area contributed by atoms with E-state index >= 15 is 0 Å². The Hall–Kier alpha value is -2.14. The van der Waals surface area contributed by atoms with Crippen molar-refractivity contribution in [2.45, 2.75) is 13.3 Å². The number of aryl methyl sites for hydroxylation is 1. The number of carboxylic acid groups (broad SMARTS) is 1. The number of aliphatic carboxylic acids is 1. The van der Waals surface area contributed by atoms with E-state index in [1.807, 2.05) is 37.3 Å². The van der Waals surface area contributed by atoms with Gasteiger partial charge in [-0.15, -0.1) is 11.3 Å². The van der Waals surface area contributed by atoms with E-state index in [0.717, 1.165) is 27.4 Å². The van der Waals surface area contributed by atoms with Crippen LogP contribution in [0.15, 0.2) is 36.4 Å². The zero-order valence-corrected chi connectivity index (χ0v) is 11.9. The molecule has 1 heterocycles. The highest BCUT2D eigenvalue weighted by Crippen LogP contribution is 2.20. The minimum absolute atomic E-state index is 0.555. The number of nitrogens with zero attached hydrogens (tertiary/aromatic N) is 1. The Balaban J connectivity index is 1.90. The predicted octanol–water partition coefficient (Wildman–Crippen LogP) is 3.17. The molecule has 0 bridgehead atoms. The third kappa shape index (κ3) is 4.20. The van der Waals surface area contributed by atoms with Gasteiger partial charge < -0.3 is 9.84 Å². The molecular weight excluding hydrogens is 274 g/mol. The second-order valence-electron chi connectivity index (χ2n) is 4.14. The van der Waals surface area contributed by atoms with Crippen LogP contribution in [-0.4, -0.2) is 22.7 Å². The Bertz CT molecular complexity index is 605. The molecule has 2 rings (SSSR count). The predicted molar refractivity (Wildman–Crippen MR) is 79.2 cm³/mol. The maximum absolute atomic E-state index is 10.5. The summed E-state index contributed by atoms with van der Waals surface area (Å²) in [6, 6.07) is 9.62. The monoisotopic (exact) mass is 289 g/mol. The van der Waals surface area contributed by atoms with Crippen molar-refractivity contribution >= 4 is 23.4 Å². The lowest BCUT2D eigenvalue weighted by Gasteiger charge is -2.03. The van der Waals surface area contributed by atoms with Crippen LogP contribution in [0.25, 0.3) is 6.08 Å².